The summed E-state index contributed by atoms with van der Waals surface area (Å²) in [6.07, 6.45) is 0. The summed E-state index contributed by atoms with van der Waals surface area (Å²) in [7, 11) is 0. The molecular formula is C16H20N2Te2. The van der Waals surface area contributed by atoms with Gasteiger partial charge in [0, 0.05) is 0 Å². The average molecular weight is 496 g/mol. The van der Waals surface area contributed by atoms with E-state index in [-0.39, 0.29) is 34.1 Å². The Labute approximate surface area is 137 Å². The van der Waals surface area contributed by atoms with E-state index < -0.39 is 0 Å². The first kappa shape index (κ1) is 16.0. The van der Waals surface area contributed by atoms with E-state index >= 15 is 0 Å². The Hall–Kier alpha value is -0.381. The summed E-state index contributed by atoms with van der Waals surface area (Å²) in [5, 5.41) is 0. The molecule has 0 aliphatic rings. The van der Waals surface area contributed by atoms with E-state index in [1.165, 1.54) is 29.5 Å². The molecule has 0 bridgehead atoms. The van der Waals surface area contributed by atoms with Crippen molar-refractivity contribution in [3.8, 4) is 0 Å². The third kappa shape index (κ3) is 3.44. The number of rotatable bonds is 3. The van der Waals surface area contributed by atoms with Crippen molar-refractivity contribution in [1.29, 1.82) is 0 Å². The summed E-state index contributed by atoms with van der Waals surface area (Å²) in [5.41, 5.74) is 19.0. The van der Waals surface area contributed by atoms with Crippen LogP contribution in [0.4, 0.5) is 11.4 Å². The standard InChI is InChI=1S/C16H20N2Te2/c1-9-5-6-14(12(4)16(9)18)20-19-13-7-10(2)15(17)11(3)8-13/h5-8H,17-18H2,1-4H3. The topological polar surface area (TPSA) is 52.0 Å². The zero-order chi connectivity index (χ0) is 14.9. The van der Waals surface area contributed by atoms with Crippen LogP contribution in [0.15, 0.2) is 24.3 Å². The van der Waals surface area contributed by atoms with Crippen LogP contribution in [0.5, 0.6) is 0 Å². The van der Waals surface area contributed by atoms with Crippen LogP contribution in [0.2, 0.25) is 0 Å². The number of hydrogen-bond donors (Lipinski definition) is 2. The first-order valence-electron chi connectivity index (χ1n) is 6.47. The number of aryl methyl sites for hydroxylation is 3. The van der Waals surface area contributed by atoms with E-state index in [9.17, 15) is 0 Å². The second-order valence-electron chi connectivity index (χ2n) is 5.06. The van der Waals surface area contributed by atoms with Gasteiger partial charge in [0.05, 0.1) is 0 Å². The number of nitrogens with two attached hydrogens (primary N) is 2. The maximum absolute atomic E-state index is 6.14. The molecule has 0 aliphatic heterocycles. The van der Waals surface area contributed by atoms with Crippen molar-refractivity contribution in [3.63, 3.8) is 0 Å². The van der Waals surface area contributed by atoms with Gasteiger partial charge in [-0.15, -0.1) is 0 Å². The SMILES string of the molecule is Cc1cc([Te][Te]c2ccc(C)c(N)c2C)cc(C)c1N. The Balaban J connectivity index is 2.19. The van der Waals surface area contributed by atoms with Gasteiger partial charge in [-0.1, -0.05) is 0 Å². The van der Waals surface area contributed by atoms with Crippen molar-refractivity contribution < 1.29 is 0 Å². The summed E-state index contributed by atoms with van der Waals surface area (Å²) < 4.78 is 3.05. The molecule has 0 saturated carbocycles. The van der Waals surface area contributed by atoms with Gasteiger partial charge in [-0.2, -0.15) is 0 Å². The van der Waals surface area contributed by atoms with E-state index in [2.05, 4.69) is 52.0 Å². The van der Waals surface area contributed by atoms with E-state index in [1.54, 1.807) is 0 Å². The zero-order valence-electron chi connectivity index (χ0n) is 12.3. The van der Waals surface area contributed by atoms with Gasteiger partial charge in [0.25, 0.3) is 0 Å². The molecule has 0 fully saturated rings. The first-order chi connectivity index (χ1) is 9.40. The monoisotopic (exact) mass is 500 g/mol. The summed E-state index contributed by atoms with van der Waals surface area (Å²) in [6.45, 7) is 8.45. The number of nitrogen functional groups attached to an aromatic ring is 2. The average Bonchev–Trinajstić information content (AvgIpc) is 2.41. The molecule has 106 valence electrons. The van der Waals surface area contributed by atoms with E-state index in [4.69, 9.17) is 11.5 Å². The van der Waals surface area contributed by atoms with Gasteiger partial charge >= 0.3 is 138 Å². The fourth-order valence-electron chi connectivity index (χ4n) is 2.01. The van der Waals surface area contributed by atoms with Gasteiger partial charge in [0.1, 0.15) is 0 Å². The molecule has 0 atom stereocenters. The van der Waals surface area contributed by atoms with Crippen molar-refractivity contribution in [2.45, 2.75) is 27.7 Å². The third-order valence-electron chi connectivity index (χ3n) is 3.48. The number of hydrogen-bond acceptors (Lipinski definition) is 2. The molecule has 0 unspecified atom stereocenters. The van der Waals surface area contributed by atoms with Gasteiger partial charge < -0.3 is 0 Å². The van der Waals surface area contributed by atoms with Crippen molar-refractivity contribution in [2.24, 2.45) is 0 Å². The molecule has 4 N–H and O–H groups in total. The van der Waals surface area contributed by atoms with Crippen LogP contribution in [-0.4, -0.2) is 34.1 Å². The normalized spacial score (nSPS) is 10.8. The number of benzene rings is 2. The number of anilines is 2. The van der Waals surface area contributed by atoms with Gasteiger partial charge in [-0.05, 0) is 0 Å². The summed E-state index contributed by atoms with van der Waals surface area (Å²) in [5.74, 6) is 0. The minimum atomic E-state index is -0.124. The summed E-state index contributed by atoms with van der Waals surface area (Å²) >= 11 is -0.237. The van der Waals surface area contributed by atoms with Gasteiger partial charge in [0.2, 0.25) is 0 Å². The van der Waals surface area contributed by atoms with Crippen LogP contribution in [0.3, 0.4) is 0 Å². The Bertz CT molecular complexity index is 628. The summed E-state index contributed by atoms with van der Waals surface area (Å²) in [6, 6.07) is 9.00. The quantitative estimate of drug-likeness (QED) is 0.499. The fourth-order valence-corrected chi connectivity index (χ4v) is 13.7. The fraction of sp³-hybridized carbons (Fsp3) is 0.250. The van der Waals surface area contributed by atoms with E-state index in [0.29, 0.717) is 0 Å². The molecule has 0 saturated heterocycles. The molecule has 0 heterocycles. The second-order valence-corrected chi connectivity index (χ2v) is 15.0. The Morgan fingerprint density at radius 2 is 1.35 bits per heavy atom. The van der Waals surface area contributed by atoms with Crippen LogP contribution in [0, 0.1) is 27.7 Å². The Morgan fingerprint density at radius 3 is 1.95 bits per heavy atom. The van der Waals surface area contributed by atoms with Crippen LogP contribution in [-0.2, 0) is 0 Å². The maximum atomic E-state index is 6.14. The molecule has 20 heavy (non-hydrogen) atoms. The van der Waals surface area contributed by atoms with Crippen molar-refractivity contribution in [1.82, 2.24) is 0 Å². The molecule has 2 aromatic carbocycles. The predicted octanol–water partition coefficient (Wildman–Crippen LogP) is 1.36. The molecular weight excluding hydrogens is 475 g/mol. The van der Waals surface area contributed by atoms with Gasteiger partial charge in [-0.3, -0.25) is 0 Å². The molecule has 0 aliphatic carbocycles. The summed E-state index contributed by atoms with van der Waals surface area (Å²) in [4.78, 5) is 0. The molecule has 2 aromatic rings. The molecule has 4 heteroatoms. The predicted molar refractivity (Wildman–Crippen MR) is 91.4 cm³/mol. The van der Waals surface area contributed by atoms with Crippen LogP contribution in [0.25, 0.3) is 0 Å². The molecule has 0 spiro atoms. The molecule has 0 radical (unpaired) electrons. The van der Waals surface area contributed by atoms with Gasteiger partial charge in [-0.25, -0.2) is 0 Å². The van der Waals surface area contributed by atoms with E-state index in [0.717, 1.165) is 11.4 Å². The third-order valence-corrected chi connectivity index (χ3v) is 15.4. The Kier molecular flexibility index (Phi) is 5.27. The molecule has 0 aromatic heterocycles. The van der Waals surface area contributed by atoms with Crippen molar-refractivity contribution >= 4 is 52.7 Å². The molecule has 0 amide bonds. The van der Waals surface area contributed by atoms with Crippen LogP contribution >= 0.6 is 0 Å². The molecule has 2 rings (SSSR count). The molecule has 2 nitrogen and oxygen atoms in total. The zero-order valence-corrected chi connectivity index (χ0v) is 16.9. The Morgan fingerprint density at radius 1 is 0.750 bits per heavy atom. The minimum absolute atomic E-state index is 0.113. The van der Waals surface area contributed by atoms with Crippen molar-refractivity contribution in [2.75, 3.05) is 11.5 Å². The second kappa shape index (κ2) is 6.59. The first-order valence-corrected chi connectivity index (χ1v) is 16.1. The van der Waals surface area contributed by atoms with Crippen LogP contribution < -0.4 is 18.7 Å². The van der Waals surface area contributed by atoms with Crippen molar-refractivity contribution in [3.05, 3.63) is 46.5 Å². The van der Waals surface area contributed by atoms with Gasteiger partial charge in [0.15, 0.2) is 0 Å². The van der Waals surface area contributed by atoms with Crippen LogP contribution in [0.1, 0.15) is 22.3 Å². The van der Waals surface area contributed by atoms with E-state index in [1.807, 2.05) is 0 Å².